The summed E-state index contributed by atoms with van der Waals surface area (Å²) >= 11 is 0. The fourth-order valence-corrected chi connectivity index (χ4v) is 3.78. The number of nitrogens with one attached hydrogen (secondary N) is 2. The van der Waals surface area contributed by atoms with Crippen molar-refractivity contribution in [1.82, 2.24) is 10.3 Å². The Morgan fingerprint density at radius 1 is 1.29 bits per heavy atom. The van der Waals surface area contributed by atoms with E-state index < -0.39 is 6.09 Å². The summed E-state index contributed by atoms with van der Waals surface area (Å²) in [7, 11) is 0. The largest absolute Gasteiger partial charge is 0.445 e. The van der Waals surface area contributed by atoms with E-state index in [0.717, 1.165) is 43.0 Å². The lowest BCUT2D eigenvalue weighted by molar-refractivity contribution is 0.0319. The number of fused-ring (bicyclic) bond motifs is 2. The number of benzene rings is 1. The van der Waals surface area contributed by atoms with Crippen LogP contribution in [0.25, 0.3) is 0 Å². The molecule has 2 heterocycles. The third kappa shape index (κ3) is 3.28. The molecule has 6 nitrogen and oxygen atoms in total. The minimum Gasteiger partial charge on any atom is -0.445 e. The molecule has 126 valence electrons. The predicted molar refractivity (Wildman–Crippen MR) is 88.4 cm³/mol. The van der Waals surface area contributed by atoms with Crippen LogP contribution in [-0.4, -0.2) is 24.2 Å². The third-order valence-corrected chi connectivity index (χ3v) is 5.13. The molecule has 1 aliphatic heterocycles. The van der Waals surface area contributed by atoms with Crippen LogP contribution in [-0.2, 0) is 17.8 Å². The Balaban J connectivity index is 1.27. The van der Waals surface area contributed by atoms with Gasteiger partial charge in [0.2, 0.25) is 0 Å². The van der Waals surface area contributed by atoms with Gasteiger partial charge in [0, 0.05) is 5.69 Å². The summed E-state index contributed by atoms with van der Waals surface area (Å²) in [5, 5.41) is 6.20. The first-order valence-electron chi connectivity index (χ1n) is 8.39. The molecule has 2 aliphatic rings. The van der Waals surface area contributed by atoms with Gasteiger partial charge >= 0.3 is 6.09 Å². The van der Waals surface area contributed by atoms with Crippen LogP contribution in [0.5, 0.6) is 0 Å². The van der Waals surface area contributed by atoms with Crippen LogP contribution in [0.15, 0.2) is 41.3 Å². The van der Waals surface area contributed by atoms with Crippen molar-refractivity contribution in [3.8, 4) is 0 Å². The first-order chi connectivity index (χ1) is 11.8. The monoisotopic (exact) mass is 327 g/mol. The number of hydrogen-bond donors (Lipinski definition) is 2. The highest BCUT2D eigenvalue weighted by molar-refractivity contribution is 5.84. The Kier molecular flexibility index (Phi) is 4.21. The van der Waals surface area contributed by atoms with Gasteiger partial charge < -0.3 is 14.5 Å². The van der Waals surface area contributed by atoms with Crippen LogP contribution in [0, 0.1) is 17.8 Å². The van der Waals surface area contributed by atoms with Gasteiger partial charge in [-0.1, -0.05) is 12.1 Å². The summed E-state index contributed by atoms with van der Waals surface area (Å²) in [4.78, 5) is 15.5. The molecule has 1 aliphatic carbocycles. The standard InChI is InChI=1S/C18H21N3O3/c22-18(23-10-16-9-20-11-24-16)21-15-3-1-12(2-4-15)5-17-13-6-14(17)8-19-7-13/h1-4,9,11,13-14,17,19H,5-8,10H2,(H,21,22). The maximum absolute atomic E-state index is 11.8. The molecule has 0 spiro atoms. The van der Waals surface area contributed by atoms with Crippen molar-refractivity contribution in [2.75, 3.05) is 18.4 Å². The molecule has 2 unspecified atom stereocenters. The Bertz CT molecular complexity index is 670. The topological polar surface area (TPSA) is 76.4 Å². The molecule has 1 amide bonds. The van der Waals surface area contributed by atoms with Crippen molar-refractivity contribution in [3.63, 3.8) is 0 Å². The maximum atomic E-state index is 11.8. The van der Waals surface area contributed by atoms with Crippen LogP contribution >= 0.6 is 0 Å². The van der Waals surface area contributed by atoms with E-state index in [9.17, 15) is 4.79 Å². The highest BCUT2D eigenvalue weighted by Gasteiger charge is 2.43. The number of carbonyl (C=O) groups excluding carboxylic acids is 1. The molecule has 1 aromatic heterocycles. The summed E-state index contributed by atoms with van der Waals surface area (Å²) in [6.45, 7) is 2.40. The minimum absolute atomic E-state index is 0.0718. The van der Waals surface area contributed by atoms with Crippen molar-refractivity contribution in [3.05, 3.63) is 48.2 Å². The van der Waals surface area contributed by atoms with Crippen molar-refractivity contribution in [1.29, 1.82) is 0 Å². The molecular formula is C18H21N3O3. The Labute approximate surface area is 140 Å². The van der Waals surface area contributed by atoms with Crippen LogP contribution in [0.3, 0.4) is 0 Å². The molecule has 2 fully saturated rings. The average Bonchev–Trinajstić information content (AvgIpc) is 3.13. The van der Waals surface area contributed by atoms with Gasteiger partial charge in [-0.3, -0.25) is 5.32 Å². The van der Waals surface area contributed by atoms with E-state index in [-0.39, 0.29) is 6.61 Å². The van der Waals surface area contributed by atoms with Crippen LogP contribution in [0.1, 0.15) is 17.7 Å². The number of amides is 1. The van der Waals surface area contributed by atoms with E-state index in [1.165, 1.54) is 24.6 Å². The maximum Gasteiger partial charge on any atom is 0.412 e. The number of nitrogens with zero attached hydrogens (tertiary/aromatic N) is 1. The molecule has 0 radical (unpaired) electrons. The average molecular weight is 327 g/mol. The van der Waals surface area contributed by atoms with Crippen molar-refractivity contribution >= 4 is 11.8 Å². The lowest BCUT2D eigenvalue weighted by Crippen LogP contribution is -2.53. The molecule has 2 atom stereocenters. The molecule has 6 heteroatoms. The summed E-state index contributed by atoms with van der Waals surface area (Å²) in [5.74, 6) is 3.01. The van der Waals surface area contributed by atoms with Gasteiger partial charge in [-0.15, -0.1) is 0 Å². The summed E-state index contributed by atoms with van der Waals surface area (Å²) in [5.41, 5.74) is 2.06. The molecule has 24 heavy (non-hydrogen) atoms. The van der Waals surface area contributed by atoms with E-state index in [0.29, 0.717) is 5.76 Å². The van der Waals surface area contributed by atoms with Gasteiger partial charge in [0.05, 0.1) is 6.20 Å². The quantitative estimate of drug-likeness (QED) is 0.883. The van der Waals surface area contributed by atoms with E-state index in [1.54, 1.807) is 0 Å². The van der Waals surface area contributed by atoms with Crippen LogP contribution < -0.4 is 10.6 Å². The second-order valence-corrected chi connectivity index (χ2v) is 6.65. The van der Waals surface area contributed by atoms with Crippen molar-refractivity contribution < 1.29 is 13.9 Å². The minimum atomic E-state index is -0.501. The number of oxazole rings is 1. The fourth-order valence-electron chi connectivity index (χ4n) is 3.78. The molecule has 4 rings (SSSR count). The van der Waals surface area contributed by atoms with Crippen LogP contribution in [0.4, 0.5) is 10.5 Å². The van der Waals surface area contributed by atoms with E-state index in [2.05, 4.69) is 27.8 Å². The lowest BCUT2D eigenvalue weighted by atomic mass is 9.60. The number of carbonyl (C=O) groups is 1. The molecule has 2 N–H and O–H groups in total. The Morgan fingerprint density at radius 2 is 2.08 bits per heavy atom. The number of piperidine rings is 2. The highest BCUT2D eigenvalue weighted by Crippen LogP contribution is 2.44. The number of hydrogen-bond acceptors (Lipinski definition) is 5. The van der Waals surface area contributed by atoms with E-state index in [4.69, 9.17) is 9.15 Å². The number of rotatable bonds is 5. The van der Waals surface area contributed by atoms with Crippen LogP contribution in [0.2, 0.25) is 0 Å². The first kappa shape index (κ1) is 15.2. The second-order valence-electron chi connectivity index (χ2n) is 6.65. The molecular weight excluding hydrogens is 306 g/mol. The van der Waals surface area contributed by atoms with Gasteiger partial charge in [0.15, 0.2) is 18.8 Å². The normalized spacial score (nSPS) is 24.9. The van der Waals surface area contributed by atoms with Gasteiger partial charge in [-0.2, -0.15) is 0 Å². The molecule has 2 bridgehead atoms. The van der Waals surface area contributed by atoms with Gasteiger partial charge in [-0.25, -0.2) is 9.78 Å². The van der Waals surface area contributed by atoms with E-state index in [1.807, 2.05) is 12.1 Å². The number of aromatic nitrogens is 1. The van der Waals surface area contributed by atoms with Crippen molar-refractivity contribution in [2.45, 2.75) is 19.4 Å². The second kappa shape index (κ2) is 6.65. The third-order valence-electron chi connectivity index (χ3n) is 5.13. The highest BCUT2D eigenvalue weighted by atomic mass is 16.6. The molecule has 1 saturated carbocycles. The number of ether oxygens (including phenoxy) is 1. The zero-order valence-electron chi connectivity index (χ0n) is 13.4. The van der Waals surface area contributed by atoms with E-state index >= 15 is 0 Å². The Hall–Kier alpha value is -2.34. The zero-order chi connectivity index (χ0) is 16.4. The van der Waals surface area contributed by atoms with Gasteiger partial charge in [0.25, 0.3) is 0 Å². The van der Waals surface area contributed by atoms with Crippen molar-refractivity contribution in [2.24, 2.45) is 17.8 Å². The summed E-state index contributed by atoms with van der Waals surface area (Å²) < 4.78 is 10.1. The van der Waals surface area contributed by atoms with Gasteiger partial charge in [0.1, 0.15) is 0 Å². The fraction of sp³-hybridized carbons (Fsp3) is 0.444. The Morgan fingerprint density at radius 3 is 2.75 bits per heavy atom. The molecule has 1 aromatic carbocycles. The zero-order valence-corrected chi connectivity index (χ0v) is 13.4. The lowest BCUT2D eigenvalue weighted by Gasteiger charge is -2.50. The number of anilines is 1. The molecule has 1 saturated heterocycles. The summed E-state index contributed by atoms with van der Waals surface area (Å²) in [6.07, 6.45) is 4.84. The predicted octanol–water partition coefficient (Wildman–Crippen LogP) is 2.82. The SMILES string of the molecule is O=C(Nc1ccc(CC2C3CNCC2C3)cc1)OCc1cnco1. The smallest absolute Gasteiger partial charge is 0.412 e. The van der Waals surface area contributed by atoms with Gasteiger partial charge in [-0.05, 0) is 61.4 Å². The first-order valence-corrected chi connectivity index (χ1v) is 8.39. The molecule has 2 aromatic rings. The summed E-state index contributed by atoms with van der Waals surface area (Å²) in [6, 6.07) is 8.04.